The molecule has 28 heavy (non-hydrogen) atoms. The quantitative estimate of drug-likeness (QED) is 0.755. The molecule has 2 aromatic rings. The fourth-order valence-electron chi connectivity index (χ4n) is 3.39. The maximum absolute atomic E-state index is 12.7. The molecule has 0 bridgehead atoms. The van der Waals surface area contributed by atoms with Crippen molar-refractivity contribution in [2.45, 2.75) is 39.7 Å². The van der Waals surface area contributed by atoms with Gasteiger partial charge in [-0.25, -0.2) is 0 Å². The molecule has 1 N–H and O–H groups in total. The Morgan fingerprint density at radius 1 is 1.07 bits per heavy atom. The smallest absolute Gasteiger partial charge is 0.253 e. The molecule has 1 aromatic heterocycles. The highest BCUT2D eigenvalue weighted by atomic mass is 32.1. The Morgan fingerprint density at radius 3 is 2.32 bits per heavy atom. The highest BCUT2D eigenvalue weighted by molar-refractivity contribution is 7.71. The summed E-state index contributed by atoms with van der Waals surface area (Å²) in [6.07, 6.45) is 2.67. The van der Waals surface area contributed by atoms with Crippen molar-refractivity contribution >= 4 is 24.0 Å². The van der Waals surface area contributed by atoms with E-state index in [1.807, 2.05) is 29.2 Å². The third-order valence-corrected chi connectivity index (χ3v) is 5.44. The van der Waals surface area contributed by atoms with Gasteiger partial charge in [0.2, 0.25) is 5.91 Å². The number of piperazine rings is 1. The lowest BCUT2D eigenvalue weighted by molar-refractivity contribution is -0.133. The first kappa shape index (κ1) is 20.3. The van der Waals surface area contributed by atoms with Crippen LogP contribution in [-0.4, -0.2) is 62.6 Å². The minimum Gasteiger partial charge on any atom is -0.338 e. The number of rotatable bonds is 6. The molecule has 8 heteroatoms. The number of carbonyl (C=O) groups excluding carboxylic acids is 2. The number of H-pyrrole nitrogens is 1. The molecule has 2 amide bonds. The van der Waals surface area contributed by atoms with Crippen molar-refractivity contribution in [3.8, 4) is 0 Å². The first-order valence-corrected chi connectivity index (χ1v) is 10.2. The molecule has 1 aromatic carbocycles. The second-order valence-corrected chi connectivity index (χ2v) is 7.39. The number of nitrogens with zero attached hydrogens (tertiary/aromatic N) is 4. The summed E-state index contributed by atoms with van der Waals surface area (Å²) in [7, 11) is 0. The summed E-state index contributed by atoms with van der Waals surface area (Å²) in [5.41, 5.74) is 1.91. The molecule has 1 saturated heterocycles. The number of amides is 2. The van der Waals surface area contributed by atoms with Gasteiger partial charge in [-0.05, 0) is 42.8 Å². The average Bonchev–Trinajstić information content (AvgIpc) is 3.07. The number of carbonyl (C=O) groups is 2. The lowest BCUT2D eigenvalue weighted by atomic mass is 10.1. The highest BCUT2D eigenvalue weighted by Gasteiger charge is 2.25. The van der Waals surface area contributed by atoms with E-state index in [0.29, 0.717) is 36.5 Å². The molecule has 0 unspecified atom stereocenters. The topological polar surface area (TPSA) is 74.2 Å². The van der Waals surface area contributed by atoms with E-state index in [1.54, 1.807) is 9.47 Å². The number of nitrogens with one attached hydrogen (secondary N) is 1. The summed E-state index contributed by atoms with van der Waals surface area (Å²) in [5, 5.41) is 6.98. The van der Waals surface area contributed by atoms with Crippen LogP contribution in [0.3, 0.4) is 0 Å². The summed E-state index contributed by atoms with van der Waals surface area (Å²) in [4.78, 5) is 29.0. The van der Waals surface area contributed by atoms with Gasteiger partial charge in [-0.1, -0.05) is 26.0 Å². The first-order valence-electron chi connectivity index (χ1n) is 9.83. The van der Waals surface area contributed by atoms with E-state index in [4.69, 9.17) is 12.2 Å². The van der Waals surface area contributed by atoms with Crippen LogP contribution < -0.4 is 0 Å². The zero-order valence-electron chi connectivity index (χ0n) is 16.5. The van der Waals surface area contributed by atoms with Crippen molar-refractivity contribution in [1.82, 2.24) is 24.6 Å². The zero-order chi connectivity index (χ0) is 20.1. The summed E-state index contributed by atoms with van der Waals surface area (Å²) in [6.45, 7) is 6.50. The Bertz CT molecular complexity index is 879. The van der Waals surface area contributed by atoms with Gasteiger partial charge < -0.3 is 9.80 Å². The van der Waals surface area contributed by atoms with Gasteiger partial charge in [-0.15, -0.1) is 0 Å². The lowest BCUT2D eigenvalue weighted by Gasteiger charge is -2.35. The molecular formula is C20H27N5O2S. The Morgan fingerprint density at radius 2 is 1.71 bits per heavy atom. The molecule has 1 aliphatic heterocycles. The van der Waals surface area contributed by atoms with Gasteiger partial charge >= 0.3 is 0 Å². The maximum atomic E-state index is 12.7. The van der Waals surface area contributed by atoms with Crippen LogP contribution in [-0.2, 0) is 24.2 Å². The second kappa shape index (κ2) is 9.14. The molecule has 0 radical (unpaired) electrons. The average molecular weight is 402 g/mol. The number of benzene rings is 1. The third-order valence-electron chi connectivity index (χ3n) is 5.13. The maximum Gasteiger partial charge on any atom is 0.253 e. The predicted molar refractivity (Wildman–Crippen MR) is 110 cm³/mol. The molecule has 2 heterocycles. The van der Waals surface area contributed by atoms with Gasteiger partial charge in [0.25, 0.3) is 5.91 Å². The molecule has 1 aliphatic rings. The van der Waals surface area contributed by atoms with Gasteiger partial charge in [0.1, 0.15) is 12.4 Å². The van der Waals surface area contributed by atoms with Gasteiger partial charge in [0.15, 0.2) is 4.77 Å². The molecule has 0 saturated carbocycles. The van der Waals surface area contributed by atoms with E-state index in [-0.39, 0.29) is 18.4 Å². The molecule has 0 aliphatic carbocycles. The van der Waals surface area contributed by atoms with Crippen molar-refractivity contribution in [3.05, 3.63) is 46.0 Å². The fourth-order valence-corrected chi connectivity index (χ4v) is 3.60. The predicted octanol–water partition coefficient (Wildman–Crippen LogP) is 2.44. The van der Waals surface area contributed by atoms with Crippen molar-refractivity contribution in [2.75, 3.05) is 26.2 Å². The van der Waals surface area contributed by atoms with Crippen LogP contribution in [0.15, 0.2) is 24.3 Å². The Labute approximate surface area is 170 Å². The van der Waals surface area contributed by atoms with E-state index in [2.05, 4.69) is 24.0 Å². The van der Waals surface area contributed by atoms with Crippen molar-refractivity contribution in [2.24, 2.45) is 0 Å². The van der Waals surface area contributed by atoms with Gasteiger partial charge in [-0.3, -0.25) is 19.3 Å². The number of hydrogen-bond donors (Lipinski definition) is 1. The number of aryl methyl sites for hydroxylation is 2. The molecule has 0 atom stereocenters. The first-order chi connectivity index (χ1) is 13.5. The van der Waals surface area contributed by atoms with Crippen molar-refractivity contribution < 1.29 is 9.59 Å². The molecule has 1 fully saturated rings. The molecule has 0 spiro atoms. The number of aromatic amines is 1. The van der Waals surface area contributed by atoms with E-state index in [9.17, 15) is 9.59 Å². The highest BCUT2D eigenvalue weighted by Crippen LogP contribution is 2.12. The molecule has 7 nitrogen and oxygen atoms in total. The SMILES string of the molecule is CCCc1n[nH]c(=S)n1CC(=O)N1CCN(C(=O)c2ccc(CC)cc2)CC1. The molecule has 3 rings (SSSR count). The largest absolute Gasteiger partial charge is 0.338 e. The van der Waals surface area contributed by atoms with E-state index < -0.39 is 0 Å². The minimum absolute atomic E-state index is 0.00857. The van der Waals surface area contributed by atoms with Gasteiger partial charge in [-0.2, -0.15) is 5.10 Å². The van der Waals surface area contributed by atoms with Crippen molar-refractivity contribution in [1.29, 1.82) is 0 Å². The zero-order valence-corrected chi connectivity index (χ0v) is 17.3. The Kier molecular flexibility index (Phi) is 6.61. The normalized spacial score (nSPS) is 14.4. The van der Waals surface area contributed by atoms with Crippen LogP contribution >= 0.6 is 12.2 Å². The second-order valence-electron chi connectivity index (χ2n) is 7.00. The van der Waals surface area contributed by atoms with E-state index in [1.165, 1.54) is 5.56 Å². The monoisotopic (exact) mass is 401 g/mol. The van der Waals surface area contributed by atoms with Gasteiger partial charge in [0, 0.05) is 38.2 Å². The summed E-state index contributed by atoms with van der Waals surface area (Å²) < 4.78 is 2.25. The standard InChI is InChI=1S/C20H27N5O2S/c1-3-5-17-21-22-20(28)25(17)14-18(26)23-10-12-24(13-11-23)19(27)16-8-6-15(4-2)7-9-16/h6-9H,3-5,10-14H2,1-2H3,(H,22,28). The van der Waals surface area contributed by atoms with Crippen LogP contribution in [0.1, 0.15) is 42.0 Å². The Balaban J connectivity index is 1.57. The van der Waals surface area contributed by atoms with Gasteiger partial charge in [0.05, 0.1) is 0 Å². The van der Waals surface area contributed by atoms with Crippen LogP contribution in [0.5, 0.6) is 0 Å². The summed E-state index contributed by atoms with van der Waals surface area (Å²) in [6, 6.07) is 7.76. The van der Waals surface area contributed by atoms with Crippen LogP contribution in [0, 0.1) is 4.77 Å². The Hall–Kier alpha value is -2.48. The summed E-state index contributed by atoms with van der Waals surface area (Å²) >= 11 is 5.25. The van der Waals surface area contributed by atoms with Crippen LogP contribution in [0.4, 0.5) is 0 Å². The van der Waals surface area contributed by atoms with Crippen LogP contribution in [0.25, 0.3) is 0 Å². The van der Waals surface area contributed by atoms with Crippen molar-refractivity contribution in [3.63, 3.8) is 0 Å². The lowest BCUT2D eigenvalue weighted by Crippen LogP contribution is -2.51. The number of hydrogen-bond acceptors (Lipinski definition) is 4. The van der Waals surface area contributed by atoms with Crippen LogP contribution in [0.2, 0.25) is 0 Å². The fraction of sp³-hybridized carbons (Fsp3) is 0.500. The van der Waals surface area contributed by atoms with E-state index >= 15 is 0 Å². The third kappa shape index (κ3) is 4.49. The minimum atomic E-state index is 0.00857. The molecule has 150 valence electrons. The number of aromatic nitrogens is 3. The molecular weight excluding hydrogens is 374 g/mol. The summed E-state index contributed by atoms with van der Waals surface area (Å²) in [5.74, 6) is 0.844. The van der Waals surface area contributed by atoms with E-state index in [0.717, 1.165) is 25.1 Å².